The molecule has 1 aromatic carbocycles. The number of hydrogen-bond donors (Lipinski definition) is 1. The minimum Gasteiger partial charge on any atom is -0.496 e. The molecule has 1 unspecified atom stereocenters. The van der Waals surface area contributed by atoms with E-state index in [4.69, 9.17) is 4.74 Å². The molecule has 0 bridgehead atoms. The third kappa shape index (κ3) is 3.51. The maximum absolute atomic E-state index is 11.9. The van der Waals surface area contributed by atoms with E-state index in [-0.39, 0.29) is 5.91 Å². The minimum atomic E-state index is 0.247. The predicted octanol–water partition coefficient (Wildman–Crippen LogP) is 2.17. The molecule has 0 aliphatic carbocycles. The normalized spacial score (nSPS) is 18.6. The molecule has 4 nitrogen and oxygen atoms in total. The number of ether oxygens (including phenoxy) is 1. The topological polar surface area (TPSA) is 41.6 Å². The molecule has 1 heterocycles. The van der Waals surface area contributed by atoms with Gasteiger partial charge in [0.15, 0.2) is 0 Å². The fraction of sp³-hybridized carbons (Fsp3) is 0.562. The number of amides is 1. The van der Waals surface area contributed by atoms with Crippen molar-refractivity contribution in [2.45, 2.75) is 33.4 Å². The quantitative estimate of drug-likeness (QED) is 0.866. The minimum absolute atomic E-state index is 0.247. The van der Waals surface area contributed by atoms with Crippen molar-refractivity contribution in [3.8, 4) is 5.75 Å². The Morgan fingerprint density at radius 1 is 1.45 bits per heavy atom. The van der Waals surface area contributed by atoms with Crippen LogP contribution in [0.2, 0.25) is 0 Å². The Kier molecular flexibility index (Phi) is 5.01. The summed E-state index contributed by atoms with van der Waals surface area (Å²) in [6, 6.07) is 6.20. The average Bonchev–Trinajstić information content (AvgIpc) is 2.75. The van der Waals surface area contributed by atoms with Crippen molar-refractivity contribution in [3.05, 3.63) is 29.3 Å². The molecule has 1 fully saturated rings. The highest BCUT2D eigenvalue weighted by atomic mass is 16.5. The first-order chi connectivity index (χ1) is 9.63. The number of hydrogen-bond acceptors (Lipinski definition) is 3. The first kappa shape index (κ1) is 14.9. The van der Waals surface area contributed by atoms with E-state index >= 15 is 0 Å². The van der Waals surface area contributed by atoms with E-state index in [2.05, 4.69) is 31.3 Å². The van der Waals surface area contributed by atoms with Crippen LogP contribution in [-0.4, -0.2) is 31.0 Å². The largest absolute Gasteiger partial charge is 0.496 e. The van der Waals surface area contributed by atoms with Crippen LogP contribution in [0.5, 0.6) is 5.75 Å². The predicted molar refractivity (Wildman–Crippen MR) is 79.6 cm³/mol. The Morgan fingerprint density at radius 2 is 2.25 bits per heavy atom. The molecule has 0 aromatic heterocycles. The van der Waals surface area contributed by atoms with Gasteiger partial charge in [-0.2, -0.15) is 0 Å². The van der Waals surface area contributed by atoms with Gasteiger partial charge < -0.3 is 15.0 Å². The lowest BCUT2D eigenvalue weighted by Crippen LogP contribution is -2.24. The lowest BCUT2D eigenvalue weighted by atomic mass is 10.1. The number of rotatable bonds is 6. The van der Waals surface area contributed by atoms with Gasteiger partial charge in [0.1, 0.15) is 5.75 Å². The second-order valence-corrected chi connectivity index (χ2v) is 5.51. The number of likely N-dealkylation sites (tertiary alicyclic amines) is 1. The van der Waals surface area contributed by atoms with Gasteiger partial charge in [0.2, 0.25) is 5.91 Å². The van der Waals surface area contributed by atoms with E-state index < -0.39 is 0 Å². The van der Waals surface area contributed by atoms with Crippen molar-refractivity contribution >= 4 is 5.91 Å². The first-order valence-electron chi connectivity index (χ1n) is 7.28. The molecule has 1 N–H and O–H groups in total. The van der Waals surface area contributed by atoms with Crippen LogP contribution in [-0.2, 0) is 17.9 Å². The second-order valence-electron chi connectivity index (χ2n) is 5.51. The van der Waals surface area contributed by atoms with Crippen LogP contribution in [0.1, 0.15) is 31.4 Å². The lowest BCUT2D eigenvalue weighted by Gasteiger charge is -2.19. The second kappa shape index (κ2) is 6.75. The van der Waals surface area contributed by atoms with Crippen molar-refractivity contribution < 1.29 is 9.53 Å². The SMILES string of the molecule is CCNCc1ccc(OC)c(CN2CC(C)CC2=O)c1. The molecule has 4 heteroatoms. The van der Waals surface area contributed by atoms with E-state index in [1.807, 2.05) is 11.0 Å². The molecule has 20 heavy (non-hydrogen) atoms. The summed E-state index contributed by atoms with van der Waals surface area (Å²) in [4.78, 5) is 13.8. The smallest absolute Gasteiger partial charge is 0.223 e. The van der Waals surface area contributed by atoms with Crippen LogP contribution in [0.15, 0.2) is 18.2 Å². The Morgan fingerprint density at radius 3 is 2.85 bits per heavy atom. The molecule has 110 valence electrons. The van der Waals surface area contributed by atoms with Crippen LogP contribution < -0.4 is 10.1 Å². The van der Waals surface area contributed by atoms with Crippen LogP contribution in [0, 0.1) is 5.92 Å². The van der Waals surface area contributed by atoms with Gasteiger partial charge in [0, 0.05) is 31.6 Å². The average molecular weight is 276 g/mol. The number of nitrogens with one attached hydrogen (secondary N) is 1. The molecular formula is C16H24N2O2. The summed E-state index contributed by atoms with van der Waals surface area (Å²) >= 11 is 0. The van der Waals surface area contributed by atoms with Crippen molar-refractivity contribution in [1.82, 2.24) is 10.2 Å². The van der Waals surface area contributed by atoms with Gasteiger partial charge in [0.25, 0.3) is 0 Å². The molecule has 0 spiro atoms. The van der Waals surface area contributed by atoms with Gasteiger partial charge in [-0.1, -0.05) is 19.9 Å². The third-order valence-electron chi connectivity index (χ3n) is 3.69. The van der Waals surface area contributed by atoms with E-state index in [9.17, 15) is 4.79 Å². The maximum atomic E-state index is 11.9. The van der Waals surface area contributed by atoms with Gasteiger partial charge in [-0.25, -0.2) is 0 Å². The summed E-state index contributed by atoms with van der Waals surface area (Å²) in [5.74, 6) is 1.56. The van der Waals surface area contributed by atoms with E-state index in [0.29, 0.717) is 18.9 Å². The van der Waals surface area contributed by atoms with Gasteiger partial charge in [0.05, 0.1) is 7.11 Å². The number of methoxy groups -OCH3 is 1. The number of nitrogens with zero attached hydrogens (tertiary/aromatic N) is 1. The summed E-state index contributed by atoms with van der Waals surface area (Å²) in [5.41, 5.74) is 2.31. The van der Waals surface area contributed by atoms with Gasteiger partial charge in [-0.15, -0.1) is 0 Å². The Labute approximate surface area is 121 Å². The number of carbonyl (C=O) groups is 1. The lowest BCUT2D eigenvalue weighted by molar-refractivity contribution is -0.128. The summed E-state index contributed by atoms with van der Waals surface area (Å²) in [6.07, 6.45) is 0.666. The van der Waals surface area contributed by atoms with Gasteiger partial charge in [-0.05, 0) is 30.2 Å². The molecular weight excluding hydrogens is 252 g/mol. The fourth-order valence-electron chi connectivity index (χ4n) is 2.66. The molecule has 1 aromatic rings. The molecule has 1 atom stereocenters. The number of benzene rings is 1. The Bertz CT molecular complexity index is 474. The molecule has 1 amide bonds. The zero-order valence-corrected chi connectivity index (χ0v) is 12.6. The standard InChI is InChI=1S/C16H24N2O2/c1-4-17-9-13-5-6-15(20-3)14(8-13)11-18-10-12(2)7-16(18)19/h5-6,8,12,17H,4,7,9-11H2,1-3H3. The highest BCUT2D eigenvalue weighted by Gasteiger charge is 2.27. The maximum Gasteiger partial charge on any atom is 0.223 e. The van der Waals surface area contributed by atoms with Crippen molar-refractivity contribution in [2.24, 2.45) is 5.92 Å². The summed E-state index contributed by atoms with van der Waals surface area (Å²) in [6.45, 7) is 7.50. The monoisotopic (exact) mass is 276 g/mol. The molecule has 0 radical (unpaired) electrons. The molecule has 0 saturated carbocycles. The van der Waals surface area contributed by atoms with Crippen molar-refractivity contribution in [2.75, 3.05) is 20.2 Å². The molecule has 1 saturated heterocycles. The summed E-state index contributed by atoms with van der Waals surface area (Å²) in [5, 5.41) is 3.32. The highest BCUT2D eigenvalue weighted by Crippen LogP contribution is 2.25. The summed E-state index contributed by atoms with van der Waals surface area (Å²) < 4.78 is 5.42. The number of carbonyl (C=O) groups excluding carboxylic acids is 1. The van der Waals surface area contributed by atoms with Gasteiger partial charge >= 0.3 is 0 Å². The zero-order chi connectivity index (χ0) is 14.5. The van der Waals surface area contributed by atoms with Crippen molar-refractivity contribution in [1.29, 1.82) is 0 Å². The third-order valence-corrected chi connectivity index (χ3v) is 3.69. The zero-order valence-electron chi connectivity index (χ0n) is 12.6. The first-order valence-corrected chi connectivity index (χ1v) is 7.28. The van der Waals surface area contributed by atoms with E-state index in [1.165, 1.54) is 5.56 Å². The van der Waals surface area contributed by atoms with Crippen LogP contribution >= 0.6 is 0 Å². The Balaban J connectivity index is 2.13. The molecule has 2 rings (SSSR count). The van der Waals surface area contributed by atoms with E-state index in [1.54, 1.807) is 7.11 Å². The van der Waals surface area contributed by atoms with Crippen LogP contribution in [0.3, 0.4) is 0 Å². The molecule has 1 aliphatic heterocycles. The van der Waals surface area contributed by atoms with Gasteiger partial charge in [-0.3, -0.25) is 4.79 Å². The Hall–Kier alpha value is -1.55. The van der Waals surface area contributed by atoms with Crippen LogP contribution in [0.25, 0.3) is 0 Å². The highest BCUT2D eigenvalue weighted by molar-refractivity contribution is 5.78. The van der Waals surface area contributed by atoms with E-state index in [0.717, 1.165) is 30.9 Å². The van der Waals surface area contributed by atoms with Crippen molar-refractivity contribution in [3.63, 3.8) is 0 Å². The summed E-state index contributed by atoms with van der Waals surface area (Å²) in [7, 11) is 1.68. The fourth-order valence-corrected chi connectivity index (χ4v) is 2.66. The molecule has 1 aliphatic rings. The van der Waals surface area contributed by atoms with Crippen LogP contribution in [0.4, 0.5) is 0 Å².